The molecule has 1 aliphatic rings. The molecule has 0 bridgehead atoms. The fourth-order valence-corrected chi connectivity index (χ4v) is 2.77. The van der Waals surface area contributed by atoms with Crippen molar-refractivity contribution in [2.24, 2.45) is 0 Å². The lowest BCUT2D eigenvalue weighted by Crippen LogP contribution is -2.16. The minimum absolute atomic E-state index is 0.00926. The minimum atomic E-state index is -0.0735. The summed E-state index contributed by atoms with van der Waals surface area (Å²) < 4.78 is 1.72. The molecule has 1 aromatic rings. The number of phenols is 1. The number of carbonyl (C=O) groups is 3. The lowest BCUT2D eigenvalue weighted by atomic mass is 10.2. The van der Waals surface area contributed by atoms with Crippen molar-refractivity contribution >= 4 is 75.2 Å². The van der Waals surface area contributed by atoms with E-state index in [0.29, 0.717) is 27.7 Å². The molecule has 0 unspecified atom stereocenters. The van der Waals surface area contributed by atoms with Crippen molar-refractivity contribution in [1.29, 1.82) is 0 Å². The number of halogens is 3. The zero-order chi connectivity index (χ0) is 14.6. The van der Waals surface area contributed by atoms with Crippen LogP contribution in [-0.4, -0.2) is 26.3 Å². The van der Waals surface area contributed by atoms with Gasteiger partial charge >= 0.3 is 0 Å². The maximum absolute atomic E-state index is 10.5. The van der Waals surface area contributed by atoms with Crippen molar-refractivity contribution in [1.82, 2.24) is 3.11 Å². The summed E-state index contributed by atoms with van der Waals surface area (Å²) in [6.45, 7) is 0. The molecule has 1 fully saturated rings. The van der Waals surface area contributed by atoms with E-state index >= 15 is 0 Å². The molecule has 1 saturated heterocycles. The Bertz CT molecular complexity index is 520. The lowest BCUT2D eigenvalue weighted by molar-refractivity contribution is -0.130. The number of hydrogen-bond donors (Lipinski definition) is 1. The molecule has 0 radical (unpaired) electrons. The van der Waals surface area contributed by atoms with Gasteiger partial charge in [0, 0.05) is 17.9 Å². The number of aromatic hydroxyl groups is 1. The van der Waals surface area contributed by atoms with Gasteiger partial charge in [-0.05, 0) is 34.7 Å². The van der Waals surface area contributed by atoms with Crippen LogP contribution < -0.4 is 0 Å². The first kappa shape index (κ1) is 16.6. The molecule has 5 nitrogen and oxygen atoms in total. The number of imide groups is 1. The van der Waals surface area contributed by atoms with Crippen LogP contribution in [0.5, 0.6) is 5.75 Å². The number of aldehydes is 1. The van der Waals surface area contributed by atoms with Crippen LogP contribution in [0.15, 0.2) is 12.1 Å². The van der Waals surface area contributed by atoms with Crippen molar-refractivity contribution in [3.63, 3.8) is 0 Å². The van der Waals surface area contributed by atoms with E-state index in [1.807, 2.05) is 22.6 Å². The number of phenolic OH excluding ortho intramolecular Hbond substituents is 1. The Labute approximate surface area is 141 Å². The average molecular weight is 507 g/mol. The van der Waals surface area contributed by atoms with Gasteiger partial charge in [-0.1, -0.05) is 11.6 Å². The van der Waals surface area contributed by atoms with E-state index in [1.165, 1.54) is 6.07 Å². The van der Waals surface area contributed by atoms with Crippen LogP contribution in [0.3, 0.4) is 0 Å². The summed E-state index contributed by atoms with van der Waals surface area (Å²) in [7, 11) is 0. The Morgan fingerprint density at radius 3 is 2.16 bits per heavy atom. The smallest absolute Gasteiger partial charge is 0.238 e. The summed E-state index contributed by atoms with van der Waals surface area (Å²) in [5, 5.41) is 9.68. The van der Waals surface area contributed by atoms with E-state index in [4.69, 9.17) is 11.6 Å². The van der Waals surface area contributed by atoms with Crippen LogP contribution in [0.2, 0.25) is 5.02 Å². The molecule has 1 N–H and O–H groups in total. The van der Waals surface area contributed by atoms with Crippen LogP contribution >= 0.6 is 57.1 Å². The van der Waals surface area contributed by atoms with Gasteiger partial charge in [0.2, 0.25) is 11.8 Å². The van der Waals surface area contributed by atoms with Gasteiger partial charge in [0.05, 0.1) is 32.0 Å². The maximum Gasteiger partial charge on any atom is 0.238 e. The molecule has 0 aliphatic carbocycles. The van der Waals surface area contributed by atoms with Crippen LogP contribution in [0.4, 0.5) is 0 Å². The van der Waals surface area contributed by atoms with Gasteiger partial charge in [-0.15, -0.1) is 0 Å². The summed E-state index contributed by atoms with van der Waals surface area (Å²) in [5.41, 5.74) is 0.224. The number of benzene rings is 1. The zero-order valence-electron chi connectivity index (χ0n) is 9.40. The minimum Gasteiger partial charge on any atom is -0.506 e. The molecule has 2 amide bonds. The van der Waals surface area contributed by atoms with Gasteiger partial charge in [-0.2, -0.15) is 0 Å². The summed E-state index contributed by atoms with van der Waals surface area (Å²) in [6.07, 6.45) is 1.35. The highest BCUT2D eigenvalue weighted by atomic mass is 127. The van der Waals surface area contributed by atoms with Gasteiger partial charge in [0.25, 0.3) is 0 Å². The van der Waals surface area contributed by atoms with E-state index in [1.54, 1.807) is 28.9 Å². The topological polar surface area (TPSA) is 74.7 Å². The number of amides is 2. The van der Waals surface area contributed by atoms with Gasteiger partial charge in [-0.3, -0.25) is 14.4 Å². The largest absolute Gasteiger partial charge is 0.506 e. The summed E-state index contributed by atoms with van der Waals surface area (Å²) in [5.74, 6) is -0.156. The van der Waals surface area contributed by atoms with Crippen molar-refractivity contribution in [3.8, 4) is 5.75 Å². The molecule has 0 saturated carbocycles. The summed E-state index contributed by atoms with van der Waals surface area (Å²) >= 11 is 9.25. The zero-order valence-corrected chi connectivity index (χ0v) is 14.5. The van der Waals surface area contributed by atoms with Crippen molar-refractivity contribution in [3.05, 3.63) is 26.3 Å². The first-order valence-electron chi connectivity index (χ1n) is 5.01. The van der Waals surface area contributed by atoms with Crippen molar-refractivity contribution < 1.29 is 19.5 Å². The first-order chi connectivity index (χ1) is 8.86. The van der Waals surface area contributed by atoms with Crippen molar-refractivity contribution in [2.45, 2.75) is 12.8 Å². The second-order valence-corrected chi connectivity index (χ2v) is 6.08. The van der Waals surface area contributed by atoms with Crippen LogP contribution in [-0.2, 0) is 9.59 Å². The number of nitrogens with zero attached hydrogens (tertiary/aromatic N) is 1. The Morgan fingerprint density at radius 1 is 1.26 bits per heavy atom. The fourth-order valence-electron chi connectivity index (χ4n) is 1.22. The molecule has 1 aliphatic heterocycles. The van der Waals surface area contributed by atoms with Gasteiger partial charge in [-0.25, -0.2) is 3.11 Å². The van der Waals surface area contributed by atoms with Gasteiger partial charge in [0.15, 0.2) is 6.29 Å². The molecule has 102 valence electrons. The molecule has 8 heteroatoms. The normalized spacial score (nSPS) is 14.2. The quantitative estimate of drug-likeness (QED) is 0.275. The number of hydrogen-bond acceptors (Lipinski definition) is 4. The Hall–Kier alpha value is -0.420. The maximum atomic E-state index is 10.5. The highest BCUT2D eigenvalue weighted by Crippen LogP contribution is 2.26. The third-order valence-electron chi connectivity index (χ3n) is 2.18. The molecule has 0 atom stereocenters. The highest BCUT2D eigenvalue weighted by molar-refractivity contribution is 14.1. The van der Waals surface area contributed by atoms with E-state index in [-0.39, 0.29) is 23.1 Å². The SMILES string of the molecule is O=C1CCC(=O)N1I.O=Cc1cc(Cl)cc(I)c1O. The molecular weight excluding hydrogens is 499 g/mol. The number of rotatable bonds is 1. The predicted molar refractivity (Wildman–Crippen MR) is 86.3 cm³/mol. The Morgan fingerprint density at radius 2 is 1.79 bits per heavy atom. The van der Waals surface area contributed by atoms with E-state index < -0.39 is 0 Å². The van der Waals surface area contributed by atoms with E-state index in [9.17, 15) is 19.5 Å². The first-order valence-corrected chi connectivity index (χ1v) is 7.43. The van der Waals surface area contributed by atoms with Gasteiger partial charge < -0.3 is 5.11 Å². The molecule has 1 heterocycles. The average Bonchev–Trinajstić information content (AvgIpc) is 2.66. The Kier molecular flexibility index (Phi) is 6.47. The fraction of sp³-hybridized carbons (Fsp3) is 0.182. The summed E-state index contributed by atoms with van der Waals surface area (Å²) in [6, 6.07) is 3.01. The second-order valence-electron chi connectivity index (χ2n) is 3.51. The van der Waals surface area contributed by atoms with E-state index in [2.05, 4.69) is 0 Å². The molecule has 0 spiro atoms. The third kappa shape index (κ3) is 4.56. The van der Waals surface area contributed by atoms with Crippen LogP contribution in [0, 0.1) is 3.57 Å². The van der Waals surface area contributed by atoms with Crippen molar-refractivity contribution in [2.75, 3.05) is 0 Å². The monoisotopic (exact) mass is 507 g/mol. The third-order valence-corrected chi connectivity index (χ3v) is 4.29. The predicted octanol–water partition coefficient (Wildman–Crippen LogP) is 2.95. The molecule has 19 heavy (non-hydrogen) atoms. The van der Waals surface area contributed by atoms with E-state index in [0.717, 1.165) is 3.11 Å². The Balaban J connectivity index is 0.000000200. The number of carbonyl (C=O) groups excluding carboxylic acids is 3. The highest BCUT2D eigenvalue weighted by Gasteiger charge is 2.26. The second kappa shape index (κ2) is 7.39. The van der Waals surface area contributed by atoms with Gasteiger partial charge in [0.1, 0.15) is 5.75 Å². The standard InChI is InChI=1S/C7H4ClIO2.C4H4INO2/c8-5-1-4(3-10)7(11)6(9)2-5;5-6-3(7)1-2-4(6)8/h1-3,11H;1-2H2. The summed E-state index contributed by atoms with van der Waals surface area (Å²) in [4.78, 5) is 31.3. The van der Waals surface area contributed by atoms with Crippen LogP contribution in [0.25, 0.3) is 0 Å². The van der Waals surface area contributed by atoms with Crippen LogP contribution in [0.1, 0.15) is 23.2 Å². The lowest BCUT2D eigenvalue weighted by Gasteiger charge is -1.99. The molecular formula is C11H8ClI2NO4. The molecule has 0 aromatic heterocycles. The molecule has 2 rings (SSSR count). The molecule has 1 aromatic carbocycles.